The third-order valence-electron chi connectivity index (χ3n) is 14.0. The predicted molar refractivity (Wildman–Crippen MR) is 163 cm³/mol. The van der Waals surface area contributed by atoms with Crippen molar-refractivity contribution in [2.75, 3.05) is 0 Å². The van der Waals surface area contributed by atoms with Crippen molar-refractivity contribution in [3.63, 3.8) is 0 Å². The molecular formula is C37H64O2. The van der Waals surface area contributed by atoms with Crippen LogP contribution in [0.5, 0.6) is 0 Å². The first-order valence-electron chi connectivity index (χ1n) is 17.8. The lowest BCUT2D eigenvalue weighted by molar-refractivity contribution is -0.150. The number of hydrogen-bond donors (Lipinski definition) is 0. The molecule has 5 fully saturated rings. The molecule has 0 spiro atoms. The van der Waals surface area contributed by atoms with E-state index in [-0.39, 0.29) is 12.1 Å². The molecule has 0 aliphatic heterocycles. The van der Waals surface area contributed by atoms with Crippen LogP contribution < -0.4 is 0 Å². The maximum atomic E-state index is 11.7. The van der Waals surface area contributed by atoms with Crippen LogP contribution in [0.1, 0.15) is 157 Å². The molecule has 0 aromatic carbocycles. The number of unbranched alkanes of at least 4 members (excludes halogenated alkanes) is 1. The zero-order valence-electron chi connectivity index (χ0n) is 26.8. The molecule has 0 radical (unpaired) electrons. The van der Waals surface area contributed by atoms with Crippen LogP contribution in [-0.4, -0.2) is 12.1 Å². The normalized spacial score (nSPS) is 45.9. The molecule has 11 atom stereocenters. The van der Waals surface area contributed by atoms with Crippen LogP contribution in [0.15, 0.2) is 0 Å². The van der Waals surface area contributed by atoms with E-state index in [1.807, 2.05) is 0 Å². The Kier molecular flexibility index (Phi) is 9.50. The van der Waals surface area contributed by atoms with E-state index < -0.39 is 0 Å². The second kappa shape index (κ2) is 12.4. The number of hydrogen-bond acceptors (Lipinski definition) is 2. The Labute approximate surface area is 242 Å². The summed E-state index contributed by atoms with van der Waals surface area (Å²) in [6.45, 7) is 14.2. The van der Waals surface area contributed by atoms with Gasteiger partial charge in [0.2, 0.25) is 0 Å². The van der Waals surface area contributed by atoms with Gasteiger partial charge in [0.25, 0.3) is 0 Å². The van der Waals surface area contributed by atoms with Gasteiger partial charge in [0.1, 0.15) is 6.10 Å². The molecule has 0 bridgehead atoms. The molecule has 2 heteroatoms. The highest BCUT2D eigenvalue weighted by Crippen LogP contribution is 2.68. The van der Waals surface area contributed by atoms with Crippen LogP contribution in [-0.2, 0) is 9.53 Å². The molecular weight excluding hydrogens is 476 g/mol. The summed E-state index contributed by atoms with van der Waals surface area (Å²) in [5.74, 6) is 8.24. The van der Waals surface area contributed by atoms with Gasteiger partial charge in [-0.2, -0.15) is 0 Å². The van der Waals surface area contributed by atoms with Crippen molar-refractivity contribution in [3.8, 4) is 0 Å². The highest BCUT2D eigenvalue weighted by molar-refractivity contribution is 5.66. The van der Waals surface area contributed by atoms with E-state index in [9.17, 15) is 4.79 Å². The smallest absolute Gasteiger partial charge is 0.302 e. The van der Waals surface area contributed by atoms with Gasteiger partial charge in [-0.05, 0) is 154 Å². The third kappa shape index (κ3) is 6.30. The van der Waals surface area contributed by atoms with E-state index in [0.717, 1.165) is 66.1 Å². The van der Waals surface area contributed by atoms with Crippen molar-refractivity contribution in [2.24, 2.45) is 64.1 Å². The topological polar surface area (TPSA) is 26.3 Å². The Bertz CT molecular complexity index is 818. The summed E-state index contributed by atoms with van der Waals surface area (Å²) < 4.78 is 5.75. The first kappa shape index (κ1) is 29.9. The second-order valence-corrected chi connectivity index (χ2v) is 16.6. The Balaban J connectivity index is 1.17. The summed E-state index contributed by atoms with van der Waals surface area (Å²) in [6, 6.07) is 0. The summed E-state index contributed by atoms with van der Waals surface area (Å²) in [4.78, 5) is 11.7. The van der Waals surface area contributed by atoms with Crippen LogP contribution in [0.2, 0.25) is 0 Å². The van der Waals surface area contributed by atoms with Gasteiger partial charge < -0.3 is 4.74 Å². The number of fused-ring (bicyclic) bond motifs is 5. The van der Waals surface area contributed by atoms with Crippen molar-refractivity contribution in [1.29, 1.82) is 0 Å². The highest BCUT2D eigenvalue weighted by Gasteiger charge is 2.59. The molecule has 11 unspecified atom stereocenters. The number of rotatable bonds is 9. The van der Waals surface area contributed by atoms with Gasteiger partial charge >= 0.3 is 5.97 Å². The molecule has 0 amide bonds. The van der Waals surface area contributed by atoms with Crippen molar-refractivity contribution < 1.29 is 9.53 Å². The fourth-order valence-electron chi connectivity index (χ4n) is 11.9. The standard InChI is InChI=1S/C37H64O2/c1-7-27-20-29(24-32(23-27)39-26(4)38)21-28-16-18-37(6)31(22-28)12-14-33-34-15-13-30(11-9-8-10-25(2)3)36(34,5)19-17-35(33)37/h25,27-35H,7-24H2,1-6H3. The minimum atomic E-state index is -0.0796. The lowest BCUT2D eigenvalue weighted by Crippen LogP contribution is -2.53. The molecule has 0 saturated heterocycles. The lowest BCUT2D eigenvalue weighted by atomic mass is 9.44. The minimum absolute atomic E-state index is 0.0796. The Morgan fingerprint density at radius 3 is 2.31 bits per heavy atom. The summed E-state index contributed by atoms with van der Waals surface area (Å²) in [5, 5.41) is 0. The van der Waals surface area contributed by atoms with Crippen molar-refractivity contribution in [1.82, 2.24) is 0 Å². The largest absolute Gasteiger partial charge is 0.463 e. The van der Waals surface area contributed by atoms with Gasteiger partial charge in [-0.25, -0.2) is 0 Å². The molecule has 5 rings (SSSR count). The molecule has 224 valence electrons. The SMILES string of the molecule is CCC1CC(CC2CCC3(C)C(CCC4C5CCC(CCCCC(C)C)C5(C)CCC43)C2)CC(OC(C)=O)C1. The predicted octanol–water partition coefficient (Wildman–Crippen LogP) is 10.6. The van der Waals surface area contributed by atoms with Gasteiger partial charge in [-0.15, -0.1) is 0 Å². The average molecular weight is 541 g/mol. The fourth-order valence-corrected chi connectivity index (χ4v) is 11.9. The highest BCUT2D eigenvalue weighted by atomic mass is 16.5. The molecule has 5 saturated carbocycles. The van der Waals surface area contributed by atoms with Crippen molar-refractivity contribution >= 4 is 5.97 Å². The molecule has 39 heavy (non-hydrogen) atoms. The van der Waals surface area contributed by atoms with Gasteiger partial charge in [0, 0.05) is 6.92 Å². The van der Waals surface area contributed by atoms with E-state index in [4.69, 9.17) is 4.74 Å². The Morgan fingerprint density at radius 2 is 1.56 bits per heavy atom. The first-order valence-corrected chi connectivity index (χ1v) is 17.8. The van der Waals surface area contributed by atoms with Crippen LogP contribution in [0.25, 0.3) is 0 Å². The third-order valence-corrected chi connectivity index (χ3v) is 14.0. The van der Waals surface area contributed by atoms with Crippen LogP contribution in [0.4, 0.5) is 0 Å². The molecule has 5 aliphatic carbocycles. The van der Waals surface area contributed by atoms with E-state index in [1.165, 1.54) is 96.3 Å². The zero-order valence-corrected chi connectivity index (χ0v) is 26.8. The number of ether oxygens (including phenoxy) is 1. The van der Waals surface area contributed by atoms with Crippen LogP contribution in [0.3, 0.4) is 0 Å². The fraction of sp³-hybridized carbons (Fsp3) is 0.973. The molecule has 0 heterocycles. The van der Waals surface area contributed by atoms with Crippen molar-refractivity contribution in [2.45, 2.75) is 163 Å². The van der Waals surface area contributed by atoms with E-state index in [0.29, 0.717) is 10.8 Å². The molecule has 5 aliphatic rings. The number of carbonyl (C=O) groups excluding carboxylic acids is 1. The molecule has 0 aromatic heterocycles. The van der Waals surface area contributed by atoms with Gasteiger partial charge in [-0.1, -0.05) is 60.3 Å². The van der Waals surface area contributed by atoms with Crippen molar-refractivity contribution in [3.05, 3.63) is 0 Å². The molecule has 0 N–H and O–H groups in total. The summed E-state index contributed by atoms with van der Waals surface area (Å²) in [7, 11) is 0. The number of esters is 1. The Hall–Kier alpha value is -0.530. The van der Waals surface area contributed by atoms with E-state index in [2.05, 4.69) is 34.6 Å². The van der Waals surface area contributed by atoms with E-state index in [1.54, 1.807) is 13.3 Å². The average Bonchev–Trinajstić information content (AvgIpc) is 3.22. The first-order chi connectivity index (χ1) is 18.6. The minimum Gasteiger partial charge on any atom is -0.463 e. The number of carbonyl (C=O) groups is 1. The van der Waals surface area contributed by atoms with Gasteiger partial charge in [0.15, 0.2) is 0 Å². The quantitative estimate of drug-likeness (QED) is 0.215. The summed E-state index contributed by atoms with van der Waals surface area (Å²) >= 11 is 0. The second-order valence-electron chi connectivity index (χ2n) is 16.6. The maximum Gasteiger partial charge on any atom is 0.302 e. The summed E-state index contributed by atoms with van der Waals surface area (Å²) in [5.41, 5.74) is 1.25. The van der Waals surface area contributed by atoms with Gasteiger partial charge in [-0.3, -0.25) is 4.79 Å². The maximum absolute atomic E-state index is 11.7. The zero-order chi connectivity index (χ0) is 27.8. The molecule has 2 nitrogen and oxygen atoms in total. The summed E-state index contributed by atoms with van der Waals surface area (Å²) in [6.07, 6.45) is 25.9. The molecule has 0 aromatic rings. The van der Waals surface area contributed by atoms with Gasteiger partial charge in [0.05, 0.1) is 0 Å². The van der Waals surface area contributed by atoms with Crippen LogP contribution >= 0.6 is 0 Å². The Morgan fingerprint density at radius 1 is 0.821 bits per heavy atom. The lowest BCUT2D eigenvalue weighted by Gasteiger charge is -2.61. The van der Waals surface area contributed by atoms with Crippen LogP contribution in [0, 0.1) is 64.1 Å². The monoisotopic (exact) mass is 540 g/mol. The van der Waals surface area contributed by atoms with E-state index >= 15 is 0 Å².